The van der Waals surface area contributed by atoms with Crippen LogP contribution < -0.4 is 5.73 Å². The summed E-state index contributed by atoms with van der Waals surface area (Å²) < 4.78 is 14.8. The van der Waals surface area contributed by atoms with E-state index in [9.17, 15) is 48.9 Å². The Morgan fingerprint density at radius 2 is 1.41 bits per heavy atom. The number of allylic oxidation sites excluding steroid dienone is 1. The van der Waals surface area contributed by atoms with Gasteiger partial charge >= 0.3 is 24.0 Å². The van der Waals surface area contributed by atoms with Crippen LogP contribution in [0.4, 0.5) is 4.79 Å². The van der Waals surface area contributed by atoms with Crippen LogP contribution in [0.15, 0.2) is 84.0 Å². The summed E-state index contributed by atoms with van der Waals surface area (Å²) in [6.07, 6.45) is 3.45. The molecule has 4 aliphatic rings. The number of amides is 3. The van der Waals surface area contributed by atoms with Crippen molar-refractivity contribution in [3.05, 3.63) is 95.1 Å². The number of aromatic carboxylic acids is 1. The zero-order valence-corrected chi connectivity index (χ0v) is 43.7. The van der Waals surface area contributed by atoms with Gasteiger partial charge in [-0.25, -0.2) is 14.4 Å². The number of fused-ring (bicyclic) bond motifs is 2. The van der Waals surface area contributed by atoms with Crippen molar-refractivity contribution in [2.45, 2.75) is 137 Å². The van der Waals surface area contributed by atoms with Crippen molar-refractivity contribution in [3.63, 3.8) is 0 Å². The third-order valence-electron chi connectivity index (χ3n) is 12.2. The highest BCUT2D eigenvalue weighted by Gasteiger charge is 2.57. The summed E-state index contributed by atoms with van der Waals surface area (Å²) in [7, 11) is 1.00. The lowest BCUT2D eigenvalue weighted by molar-refractivity contribution is -0.164. The maximum Gasteiger partial charge on any atom is 0.405 e. The van der Waals surface area contributed by atoms with Crippen LogP contribution in [-0.4, -0.2) is 152 Å². The first-order valence-corrected chi connectivity index (χ1v) is 23.6. The number of nitrogens with two attached hydrogens (primary N) is 1. The molecule has 0 radical (unpaired) electrons. The molecule has 2 aromatic rings. The lowest BCUT2D eigenvalue weighted by Gasteiger charge is -2.53. The lowest BCUT2D eigenvalue weighted by Crippen LogP contribution is -2.58. The van der Waals surface area contributed by atoms with Crippen LogP contribution in [-0.2, 0) is 49.4 Å². The predicted molar refractivity (Wildman–Crippen MR) is 269 cm³/mol. The number of aliphatic hydroxyl groups is 4. The van der Waals surface area contributed by atoms with Crippen molar-refractivity contribution in [3.8, 4) is 0 Å². The third-order valence-corrected chi connectivity index (χ3v) is 12.2. The number of carboxylic acids is 3. The molecule has 73 heavy (non-hydrogen) atoms. The molecule has 0 spiro atoms. The number of ketones is 1. The van der Waals surface area contributed by atoms with Crippen molar-refractivity contribution in [2.24, 2.45) is 22.5 Å². The number of Topliss-reactive ketones (excluding diaryl/α,β-unsaturated/α-hetero) is 1. The second kappa shape index (κ2) is 32.1. The Balaban J connectivity index is 0.000000937. The van der Waals surface area contributed by atoms with Crippen LogP contribution in [0, 0.1) is 16.7 Å². The first-order chi connectivity index (χ1) is 34.0. The maximum absolute atomic E-state index is 13.3. The standard InChI is InChI=1S/C21H34O5.C9H10O2.C8H9NO5.C7H6O2.C5H11NO2.C2H4O.CH4O/c1-12-6-7-21(25)9-8-20(5,15(22)10-14-13(2)11-26-14)18(24)17(23)16(12)19(21,3)4;10-9(11)7-6-8-4-2-1-3-5-8;10-6-1-2-7(11)9(6)3-4-14-5-8(12)13;8-7(9)6-4-2-1-3-5-6;1-5(2,3)8-4(6)7;1-2-3;1-2/h13-15,17,22-23,25H,6-11H2,1-5H3;1-5H,6-7H2,(H,10,11);1-2H,3-5H2,(H,12,13);1-5H,(H,8,9);1-3H3,(H2,6,7);2H,1H3;2H,1H3. The van der Waals surface area contributed by atoms with E-state index in [1.807, 2.05) is 51.1 Å². The largest absolute Gasteiger partial charge is 0.481 e. The minimum Gasteiger partial charge on any atom is -0.481 e. The summed E-state index contributed by atoms with van der Waals surface area (Å²) in [4.78, 5) is 85.4. The number of primary amides is 1. The van der Waals surface area contributed by atoms with Gasteiger partial charge < -0.3 is 60.5 Å². The lowest BCUT2D eigenvalue weighted by atomic mass is 9.54. The molecular weight excluding hydrogens is 953 g/mol. The van der Waals surface area contributed by atoms with Crippen molar-refractivity contribution < 1.29 is 88.3 Å². The number of carboxylic acid groups (broad SMARTS) is 3. The maximum atomic E-state index is 13.3. The molecule has 1 saturated carbocycles. The van der Waals surface area contributed by atoms with Gasteiger partial charge in [0.1, 0.15) is 24.6 Å². The van der Waals surface area contributed by atoms with E-state index in [4.69, 9.17) is 35.7 Å². The highest BCUT2D eigenvalue weighted by molar-refractivity contribution is 6.12. The zero-order valence-electron chi connectivity index (χ0n) is 43.7. The molecule has 20 nitrogen and oxygen atoms in total. The molecule has 1 saturated heterocycles. The Kier molecular flexibility index (Phi) is 29.4. The van der Waals surface area contributed by atoms with Gasteiger partial charge in [-0.05, 0) is 90.0 Å². The summed E-state index contributed by atoms with van der Waals surface area (Å²) in [5, 5.41) is 65.3. The number of hydrogen-bond acceptors (Lipinski definition) is 15. The van der Waals surface area contributed by atoms with Crippen LogP contribution in [0.3, 0.4) is 0 Å². The number of aryl methyl sites for hydroxylation is 1. The SMILES string of the molecule is CC(C)(C)OC(N)=O.CC1=C2C(O)C(=O)C(C)(C(O)CC3OCC3C)CCC(O)(CC1)C2(C)C.CC=O.CO.O=C(O)CCc1ccccc1.O=C(O)COCCN1C(=O)C=CC1=O.O=C(O)c1ccccc1. The zero-order chi connectivity index (χ0) is 56.3. The number of benzene rings is 2. The summed E-state index contributed by atoms with van der Waals surface area (Å²) in [5.41, 5.74) is 4.56. The van der Waals surface area contributed by atoms with Crippen molar-refractivity contribution >= 4 is 47.9 Å². The van der Waals surface area contributed by atoms with Gasteiger partial charge in [-0.1, -0.05) is 81.8 Å². The molecule has 2 aliphatic carbocycles. The van der Waals surface area contributed by atoms with Gasteiger partial charge in [-0.2, -0.15) is 0 Å². The Morgan fingerprint density at radius 1 is 0.890 bits per heavy atom. The minimum atomic E-state index is -1.28. The predicted octanol–water partition coefficient (Wildman–Crippen LogP) is 5.17. The van der Waals surface area contributed by atoms with E-state index in [0.717, 1.165) is 29.4 Å². The summed E-state index contributed by atoms with van der Waals surface area (Å²) >= 11 is 0. The molecule has 6 atom stereocenters. The van der Waals surface area contributed by atoms with Gasteiger partial charge in [0, 0.05) is 43.4 Å². The number of aliphatic carboxylic acids is 2. The topological polar surface area (TPSA) is 335 Å². The molecule has 20 heteroatoms. The Labute approximate surface area is 427 Å². The molecule has 9 N–H and O–H groups in total. The van der Waals surface area contributed by atoms with Gasteiger partial charge in [0.05, 0.1) is 48.5 Å². The fourth-order valence-corrected chi connectivity index (χ4v) is 7.95. The number of imide groups is 1. The summed E-state index contributed by atoms with van der Waals surface area (Å²) in [6.45, 7) is 16.7. The van der Waals surface area contributed by atoms with Gasteiger partial charge in [0.25, 0.3) is 11.8 Å². The van der Waals surface area contributed by atoms with Crippen LogP contribution in [0.25, 0.3) is 0 Å². The van der Waals surface area contributed by atoms with Crippen molar-refractivity contribution in [1.82, 2.24) is 4.90 Å². The van der Waals surface area contributed by atoms with Gasteiger partial charge in [-0.15, -0.1) is 0 Å². The number of hydrogen-bond donors (Lipinski definition) is 8. The van der Waals surface area contributed by atoms with Gasteiger partial charge in [-0.3, -0.25) is 24.1 Å². The number of carbonyl (C=O) groups is 8. The minimum absolute atomic E-state index is 0.0332. The second-order valence-corrected chi connectivity index (χ2v) is 19.1. The van der Waals surface area contributed by atoms with Crippen LogP contribution in [0.5, 0.6) is 0 Å². The van der Waals surface area contributed by atoms with E-state index in [2.05, 4.69) is 16.4 Å². The average Bonchev–Trinajstić information content (AvgIpc) is 3.65. The van der Waals surface area contributed by atoms with Gasteiger partial charge in [0.2, 0.25) is 0 Å². The molecule has 6 rings (SSSR count). The molecule has 2 fully saturated rings. The first-order valence-electron chi connectivity index (χ1n) is 23.6. The number of aldehydes is 1. The fourth-order valence-electron chi connectivity index (χ4n) is 7.95. The third kappa shape index (κ3) is 22.7. The number of rotatable bonds is 12. The van der Waals surface area contributed by atoms with E-state index in [0.29, 0.717) is 62.2 Å². The van der Waals surface area contributed by atoms with E-state index in [1.165, 1.54) is 19.1 Å². The number of ether oxygens (including phenoxy) is 3. The quantitative estimate of drug-likeness (QED) is 0.0588. The van der Waals surface area contributed by atoms with E-state index >= 15 is 0 Å². The van der Waals surface area contributed by atoms with E-state index < -0.39 is 76.7 Å². The Hall–Kier alpha value is -6.16. The Morgan fingerprint density at radius 3 is 1.81 bits per heavy atom. The summed E-state index contributed by atoms with van der Waals surface area (Å²) in [6, 6.07) is 17.9. The van der Waals surface area contributed by atoms with Crippen LogP contribution in [0.1, 0.15) is 117 Å². The van der Waals surface area contributed by atoms with Crippen molar-refractivity contribution in [1.29, 1.82) is 0 Å². The normalized spacial score (nSPS) is 22.6. The number of nitrogens with zero attached hydrogens (tertiary/aromatic N) is 1. The highest BCUT2D eigenvalue weighted by Crippen LogP contribution is 2.55. The number of aliphatic hydroxyl groups excluding tert-OH is 3. The number of carbonyl (C=O) groups excluding carboxylic acids is 5. The smallest absolute Gasteiger partial charge is 0.405 e. The molecule has 408 valence electrons. The van der Waals surface area contributed by atoms with Gasteiger partial charge in [0.15, 0.2) is 5.78 Å². The second-order valence-electron chi connectivity index (χ2n) is 19.1. The van der Waals surface area contributed by atoms with Crippen LogP contribution in [0.2, 0.25) is 0 Å². The average molecular weight is 1030 g/mol. The summed E-state index contributed by atoms with van der Waals surface area (Å²) in [5.74, 6) is -3.45. The Bertz CT molecular complexity index is 2140. The molecule has 2 bridgehead atoms. The van der Waals surface area contributed by atoms with Crippen molar-refractivity contribution in [2.75, 3.05) is 33.5 Å². The van der Waals surface area contributed by atoms with E-state index in [-0.39, 0.29) is 31.5 Å². The molecule has 2 aromatic carbocycles. The highest BCUT2D eigenvalue weighted by atomic mass is 16.6. The molecular formula is C53H78N2O18. The molecule has 2 heterocycles. The fraction of sp³-hybridized carbons (Fsp3) is 0.547. The van der Waals surface area contributed by atoms with Crippen LogP contribution >= 0.6 is 0 Å². The first kappa shape index (κ1) is 66.8. The molecule has 6 unspecified atom stereocenters. The molecule has 2 aliphatic heterocycles. The van der Waals surface area contributed by atoms with E-state index in [1.54, 1.807) is 58.0 Å². The molecule has 3 amide bonds. The monoisotopic (exact) mass is 1030 g/mol. The molecule has 0 aromatic heterocycles.